The smallest absolute Gasteiger partial charge is 0.0479 e. The number of carboxylic acid groups (broad SMARTS) is 1. The van der Waals surface area contributed by atoms with Crippen LogP contribution in [0.15, 0.2) is 23.9 Å². The van der Waals surface area contributed by atoms with Gasteiger partial charge in [-0.1, -0.05) is 52.8 Å². The van der Waals surface area contributed by atoms with Crippen LogP contribution < -0.4 is 10.6 Å². The van der Waals surface area contributed by atoms with Gasteiger partial charge in [0, 0.05) is 22.5 Å². The number of hydrogen-bond acceptors (Lipinski definition) is 4. The van der Waals surface area contributed by atoms with Crippen LogP contribution in [0.3, 0.4) is 0 Å². The second-order valence-electron chi connectivity index (χ2n) is 14.3. The Morgan fingerprint density at radius 3 is 2.32 bits per heavy atom. The van der Waals surface area contributed by atoms with Crippen LogP contribution in [0, 0.1) is 56.7 Å². The Balaban J connectivity index is 1.57. The maximum atomic E-state index is 12.7. The predicted octanol–water partition coefficient (Wildman–Crippen LogP) is 5.87. The number of carbonyl (C=O) groups excluding carboxylic acids is 1. The molecule has 0 heterocycles. The molecule has 0 bridgehead atoms. The van der Waals surface area contributed by atoms with Gasteiger partial charge in [0.1, 0.15) is 0 Å². The van der Waals surface area contributed by atoms with Gasteiger partial charge >= 0.3 is 0 Å². The van der Waals surface area contributed by atoms with Gasteiger partial charge in [0.15, 0.2) is 0 Å². The molecule has 4 fully saturated rings. The molecule has 0 spiro atoms. The lowest BCUT2D eigenvalue weighted by Crippen LogP contribution is -2.66. The van der Waals surface area contributed by atoms with Crippen molar-refractivity contribution in [1.29, 1.82) is 0 Å². The van der Waals surface area contributed by atoms with Crippen molar-refractivity contribution in [3.05, 3.63) is 23.9 Å². The van der Waals surface area contributed by atoms with Crippen LogP contribution in [0.4, 0.5) is 0 Å². The number of carbonyl (C=O) groups is 1. The van der Waals surface area contributed by atoms with Gasteiger partial charge in [0.05, 0.1) is 0 Å². The molecule has 4 saturated carbocycles. The van der Waals surface area contributed by atoms with Gasteiger partial charge in [-0.3, -0.25) is 10.7 Å². The highest BCUT2D eigenvalue weighted by Gasteiger charge is 2.70. The first-order valence-corrected chi connectivity index (χ1v) is 13.8. The topological polar surface area (TPSA) is 72.4 Å². The Bertz CT molecular complexity index is 937. The lowest BCUT2D eigenvalue weighted by molar-refractivity contribution is -0.329. The maximum Gasteiger partial charge on any atom is 0.0479 e. The summed E-state index contributed by atoms with van der Waals surface area (Å²) in [5, 5.41) is 22.5. The minimum atomic E-state index is -0.797. The Morgan fingerprint density at radius 2 is 1.71 bits per heavy atom. The van der Waals surface area contributed by atoms with Gasteiger partial charge in [-0.25, -0.2) is 0 Å². The van der Waals surface area contributed by atoms with Crippen LogP contribution in [-0.2, 0) is 4.79 Å². The van der Waals surface area contributed by atoms with E-state index in [1.807, 2.05) is 0 Å². The summed E-state index contributed by atoms with van der Waals surface area (Å²) in [5.41, 5.74) is 4.46. The number of carboxylic acids is 1. The summed E-state index contributed by atoms with van der Waals surface area (Å²) in [7, 11) is 0. The number of allylic oxidation sites excluding steroid dienone is 3. The van der Waals surface area contributed by atoms with E-state index < -0.39 is 11.4 Å². The van der Waals surface area contributed by atoms with Crippen LogP contribution in [0.25, 0.3) is 0 Å². The van der Waals surface area contributed by atoms with Crippen LogP contribution >= 0.6 is 0 Å². The Kier molecular flexibility index (Phi) is 5.29. The lowest BCUT2D eigenvalue weighted by atomic mass is 9.32. The van der Waals surface area contributed by atoms with E-state index in [0.717, 1.165) is 50.6 Å². The van der Waals surface area contributed by atoms with Crippen molar-refractivity contribution in [2.75, 3.05) is 0 Å². The predicted molar refractivity (Wildman–Crippen MR) is 132 cm³/mol. The first-order valence-electron chi connectivity index (χ1n) is 13.8. The fourth-order valence-corrected chi connectivity index (χ4v) is 11.3. The Hall–Kier alpha value is -1.29. The van der Waals surface area contributed by atoms with Crippen LogP contribution in [0.5, 0.6) is 0 Å². The number of rotatable bonds is 3. The molecular formula is C30H46NO3-. The molecule has 2 N–H and O–H groups in total. The third-order valence-electron chi connectivity index (χ3n) is 13.2. The Morgan fingerprint density at radius 1 is 1.00 bits per heavy atom. The van der Waals surface area contributed by atoms with Crippen LogP contribution in [0.2, 0.25) is 0 Å². The highest BCUT2D eigenvalue weighted by molar-refractivity contribution is 5.74. The van der Waals surface area contributed by atoms with Crippen molar-refractivity contribution in [2.45, 2.75) is 99.3 Å². The van der Waals surface area contributed by atoms with Crippen LogP contribution in [0.1, 0.15) is 99.3 Å². The average molecular weight is 469 g/mol. The molecule has 5 aliphatic rings. The van der Waals surface area contributed by atoms with E-state index in [1.165, 1.54) is 18.4 Å². The molecule has 0 radical (unpaired) electrons. The standard InChI is InChI=1S/C30H47NO3/c1-18(2)19-10-15-30(25(32)33)17-16-28(6)20(24(19)30)8-9-22-27(5)13-12-23(31-34)26(3,4)21(27)11-14-29(22,28)7/h12,19-22,24,31,34H,1,8-11,13-17H2,2-7H3,(H,32,33)/p-1. The van der Waals surface area contributed by atoms with Crippen molar-refractivity contribution in [1.82, 2.24) is 5.48 Å². The van der Waals surface area contributed by atoms with Crippen molar-refractivity contribution in [2.24, 2.45) is 56.7 Å². The van der Waals surface area contributed by atoms with E-state index in [1.54, 1.807) is 0 Å². The van der Waals surface area contributed by atoms with Gasteiger partial charge in [-0.15, -0.1) is 0 Å². The van der Waals surface area contributed by atoms with Gasteiger partial charge in [0.2, 0.25) is 0 Å². The highest BCUT2D eigenvalue weighted by atomic mass is 16.5. The second-order valence-corrected chi connectivity index (χ2v) is 14.3. The molecule has 0 saturated heterocycles. The molecule has 4 heteroatoms. The molecule has 5 rings (SSSR count). The van der Waals surface area contributed by atoms with Crippen molar-refractivity contribution in [3.63, 3.8) is 0 Å². The monoisotopic (exact) mass is 468 g/mol. The quantitative estimate of drug-likeness (QED) is 0.401. The summed E-state index contributed by atoms with van der Waals surface area (Å²) in [5.74, 6) is 1.24. The van der Waals surface area contributed by atoms with Crippen LogP contribution in [-0.4, -0.2) is 11.2 Å². The summed E-state index contributed by atoms with van der Waals surface area (Å²) in [6.07, 6.45) is 11.4. The van der Waals surface area contributed by atoms with E-state index in [0.29, 0.717) is 23.7 Å². The number of fused-ring (bicyclic) bond motifs is 7. The molecule has 9 unspecified atom stereocenters. The fraction of sp³-hybridized carbons (Fsp3) is 0.833. The minimum Gasteiger partial charge on any atom is -0.550 e. The molecule has 34 heavy (non-hydrogen) atoms. The maximum absolute atomic E-state index is 12.7. The number of hydrogen-bond donors (Lipinski definition) is 2. The first kappa shape index (κ1) is 24.4. The van der Waals surface area contributed by atoms with Crippen molar-refractivity contribution in [3.8, 4) is 0 Å². The molecule has 0 aliphatic heterocycles. The van der Waals surface area contributed by atoms with E-state index in [9.17, 15) is 15.1 Å². The number of hydroxylamine groups is 1. The van der Waals surface area contributed by atoms with E-state index in [-0.39, 0.29) is 27.6 Å². The molecule has 0 aromatic rings. The zero-order chi connectivity index (χ0) is 24.9. The van der Waals surface area contributed by atoms with Gasteiger partial charge in [-0.2, -0.15) is 0 Å². The molecule has 4 nitrogen and oxygen atoms in total. The summed E-state index contributed by atoms with van der Waals surface area (Å²) in [4.78, 5) is 12.7. The SMILES string of the molecule is C=C(C)C1CCC2(C(=O)[O-])CCC3(C)C(CCC4C5(C)CC=C(NO)C(C)(C)C5CCC43C)C12. The van der Waals surface area contributed by atoms with Gasteiger partial charge < -0.3 is 9.90 Å². The third-order valence-corrected chi connectivity index (χ3v) is 13.2. The normalized spacial score (nSPS) is 51.3. The molecule has 0 amide bonds. The third kappa shape index (κ3) is 2.73. The molecule has 5 aliphatic carbocycles. The summed E-state index contributed by atoms with van der Waals surface area (Å²) < 4.78 is 0. The molecule has 190 valence electrons. The summed E-state index contributed by atoms with van der Waals surface area (Å²) in [6, 6.07) is 0. The van der Waals surface area contributed by atoms with E-state index in [2.05, 4.69) is 59.7 Å². The largest absolute Gasteiger partial charge is 0.550 e. The summed E-state index contributed by atoms with van der Waals surface area (Å²) in [6.45, 7) is 18.7. The van der Waals surface area contributed by atoms with Crippen molar-refractivity contribution >= 4 is 5.97 Å². The highest BCUT2D eigenvalue weighted by Crippen LogP contribution is 2.77. The van der Waals surface area contributed by atoms with Gasteiger partial charge in [0.25, 0.3) is 0 Å². The zero-order valence-electron chi connectivity index (χ0n) is 22.3. The molecule has 9 atom stereocenters. The Labute approximate surface area is 206 Å². The summed E-state index contributed by atoms with van der Waals surface area (Å²) >= 11 is 0. The molecule has 0 aromatic carbocycles. The number of aliphatic carboxylic acids is 1. The van der Waals surface area contributed by atoms with Crippen molar-refractivity contribution < 1.29 is 15.1 Å². The average Bonchev–Trinajstić information content (AvgIpc) is 3.15. The first-order chi connectivity index (χ1) is 15.8. The second kappa shape index (κ2) is 7.37. The molecule has 0 aromatic heterocycles. The number of nitrogens with one attached hydrogen (secondary N) is 1. The fourth-order valence-electron chi connectivity index (χ4n) is 11.3. The molecular weight excluding hydrogens is 422 g/mol. The minimum absolute atomic E-state index is 0.0754. The zero-order valence-corrected chi connectivity index (χ0v) is 22.3. The lowest BCUT2D eigenvalue weighted by Gasteiger charge is -2.72. The van der Waals surface area contributed by atoms with Gasteiger partial charge in [-0.05, 0) is 111 Å². The van der Waals surface area contributed by atoms with E-state index in [4.69, 9.17) is 0 Å². The van der Waals surface area contributed by atoms with E-state index >= 15 is 0 Å².